The Morgan fingerprint density at radius 2 is 1.62 bits per heavy atom. The third-order valence-electron chi connectivity index (χ3n) is 4.79. The number of piperazine rings is 1. The number of nitrogens with zero attached hydrogens (tertiary/aromatic N) is 3. The van der Waals surface area contributed by atoms with Crippen molar-refractivity contribution in [2.24, 2.45) is 0 Å². The number of furan rings is 1. The van der Waals surface area contributed by atoms with Gasteiger partial charge in [-0.15, -0.1) is 0 Å². The van der Waals surface area contributed by atoms with Crippen LogP contribution in [0.25, 0.3) is 0 Å². The van der Waals surface area contributed by atoms with Crippen molar-refractivity contribution in [1.82, 2.24) is 14.7 Å². The average Bonchev–Trinajstić information content (AvgIpc) is 2.85. The van der Waals surface area contributed by atoms with E-state index >= 15 is 0 Å². The van der Waals surface area contributed by atoms with Gasteiger partial charge in [0.05, 0.1) is 12.1 Å². The Bertz CT molecular complexity index is 573. The fourth-order valence-corrected chi connectivity index (χ4v) is 3.67. The van der Waals surface area contributed by atoms with Gasteiger partial charge in [0.1, 0.15) is 6.26 Å². The summed E-state index contributed by atoms with van der Waals surface area (Å²) in [5.41, 5.74) is 0.566. The van der Waals surface area contributed by atoms with E-state index in [-0.39, 0.29) is 11.8 Å². The minimum atomic E-state index is -0.0112. The number of carbonyl (C=O) groups is 2. The van der Waals surface area contributed by atoms with Crippen molar-refractivity contribution in [3.8, 4) is 0 Å². The molecule has 2 amide bonds. The molecular weight excluding hydrogens is 374 g/mol. The highest BCUT2D eigenvalue weighted by Gasteiger charge is 2.25. The fraction of sp³-hybridized carbons (Fsp3) is 0.647. The van der Waals surface area contributed by atoms with Gasteiger partial charge in [0.25, 0.3) is 5.91 Å². The van der Waals surface area contributed by atoms with Crippen molar-refractivity contribution in [2.75, 3.05) is 45.8 Å². The van der Waals surface area contributed by atoms with E-state index in [4.69, 9.17) is 4.42 Å². The van der Waals surface area contributed by atoms with Crippen molar-refractivity contribution < 1.29 is 14.0 Å². The number of hydrogen-bond acceptors (Lipinski definition) is 4. The van der Waals surface area contributed by atoms with Crippen LogP contribution in [-0.2, 0) is 4.79 Å². The molecule has 0 saturated carbocycles. The van der Waals surface area contributed by atoms with Crippen LogP contribution in [0.15, 0.2) is 21.4 Å². The lowest BCUT2D eigenvalue weighted by molar-refractivity contribution is -0.132. The number of carbonyl (C=O) groups excluding carboxylic acids is 2. The molecule has 0 radical (unpaired) electrons. The van der Waals surface area contributed by atoms with E-state index in [1.165, 1.54) is 19.1 Å². The van der Waals surface area contributed by atoms with Gasteiger partial charge in [-0.2, -0.15) is 0 Å². The summed E-state index contributed by atoms with van der Waals surface area (Å²) in [5.74, 6) is 0.221. The lowest BCUT2D eigenvalue weighted by atomic mass is 10.2. The molecule has 0 N–H and O–H groups in total. The zero-order valence-electron chi connectivity index (χ0n) is 13.9. The van der Waals surface area contributed by atoms with Gasteiger partial charge in [-0.25, -0.2) is 0 Å². The normalized spacial score (nSPS) is 20.0. The summed E-state index contributed by atoms with van der Waals surface area (Å²) in [6, 6.07) is 1.69. The molecule has 0 bridgehead atoms. The quantitative estimate of drug-likeness (QED) is 0.784. The molecular formula is C17H24BrN3O3. The summed E-state index contributed by atoms with van der Waals surface area (Å²) in [6.45, 7) is 5.04. The van der Waals surface area contributed by atoms with E-state index in [1.807, 2.05) is 9.80 Å². The van der Waals surface area contributed by atoms with Gasteiger partial charge in [0, 0.05) is 45.3 Å². The number of halogens is 1. The van der Waals surface area contributed by atoms with Gasteiger partial charge in [0.2, 0.25) is 5.91 Å². The zero-order valence-corrected chi connectivity index (χ0v) is 15.5. The summed E-state index contributed by atoms with van der Waals surface area (Å²) in [4.78, 5) is 30.8. The average molecular weight is 398 g/mol. The first-order chi connectivity index (χ1) is 11.6. The Morgan fingerprint density at radius 1 is 0.958 bits per heavy atom. The van der Waals surface area contributed by atoms with Crippen LogP contribution >= 0.6 is 15.9 Å². The van der Waals surface area contributed by atoms with Gasteiger partial charge in [-0.1, -0.05) is 12.8 Å². The molecule has 1 aromatic rings. The Balaban J connectivity index is 1.46. The van der Waals surface area contributed by atoms with Gasteiger partial charge in [0.15, 0.2) is 4.67 Å². The Kier molecular flexibility index (Phi) is 5.94. The molecule has 1 aromatic heterocycles. The first-order valence-corrected chi connectivity index (χ1v) is 9.46. The summed E-state index contributed by atoms with van der Waals surface area (Å²) in [7, 11) is 0. The molecule has 2 saturated heterocycles. The van der Waals surface area contributed by atoms with Gasteiger partial charge < -0.3 is 14.2 Å². The van der Waals surface area contributed by atoms with E-state index in [2.05, 4.69) is 20.8 Å². The molecule has 24 heavy (non-hydrogen) atoms. The molecule has 3 heterocycles. The second kappa shape index (κ2) is 8.16. The van der Waals surface area contributed by atoms with Gasteiger partial charge >= 0.3 is 0 Å². The molecule has 0 aromatic carbocycles. The minimum Gasteiger partial charge on any atom is -0.457 e. The first-order valence-electron chi connectivity index (χ1n) is 8.67. The molecule has 7 heteroatoms. The van der Waals surface area contributed by atoms with E-state index in [0.717, 1.165) is 39.0 Å². The van der Waals surface area contributed by atoms with E-state index < -0.39 is 0 Å². The lowest BCUT2D eigenvalue weighted by Gasteiger charge is -2.35. The maximum absolute atomic E-state index is 12.4. The van der Waals surface area contributed by atoms with Crippen LogP contribution in [0.1, 0.15) is 36.0 Å². The molecule has 2 fully saturated rings. The van der Waals surface area contributed by atoms with Crippen LogP contribution in [0.4, 0.5) is 0 Å². The third-order valence-corrected chi connectivity index (χ3v) is 5.21. The first kappa shape index (κ1) is 17.5. The highest BCUT2D eigenvalue weighted by molar-refractivity contribution is 9.10. The predicted molar refractivity (Wildman–Crippen MR) is 93.8 cm³/mol. The third kappa shape index (κ3) is 4.39. The van der Waals surface area contributed by atoms with Crippen LogP contribution in [0.3, 0.4) is 0 Å². The maximum atomic E-state index is 12.4. The largest absolute Gasteiger partial charge is 0.457 e. The number of hydrogen-bond donors (Lipinski definition) is 0. The second-order valence-corrected chi connectivity index (χ2v) is 7.28. The fourth-order valence-electron chi connectivity index (χ4n) is 3.33. The Morgan fingerprint density at radius 3 is 2.21 bits per heavy atom. The molecule has 0 atom stereocenters. The standard InChI is InChI=1S/C17H24BrN3O3/c18-15-11-14(13-24-15)17(23)21-9-7-19(8-10-21)12-16(22)20-5-3-1-2-4-6-20/h11,13H,1-10,12H2. The molecule has 132 valence electrons. The predicted octanol–water partition coefficient (Wildman–Crippen LogP) is 2.20. The number of rotatable bonds is 3. The van der Waals surface area contributed by atoms with Crippen LogP contribution in [0.5, 0.6) is 0 Å². The second-order valence-electron chi connectivity index (χ2n) is 6.50. The number of likely N-dealkylation sites (tertiary alicyclic amines) is 1. The molecule has 0 aliphatic carbocycles. The monoisotopic (exact) mass is 397 g/mol. The van der Waals surface area contributed by atoms with Crippen molar-refractivity contribution in [2.45, 2.75) is 25.7 Å². The Labute approximate surface area is 150 Å². The van der Waals surface area contributed by atoms with E-state index in [1.54, 1.807) is 6.07 Å². The van der Waals surface area contributed by atoms with Crippen molar-refractivity contribution >= 4 is 27.7 Å². The smallest absolute Gasteiger partial charge is 0.257 e. The highest BCUT2D eigenvalue weighted by atomic mass is 79.9. The molecule has 0 unspecified atom stereocenters. The van der Waals surface area contributed by atoms with Crippen LogP contribution in [0.2, 0.25) is 0 Å². The van der Waals surface area contributed by atoms with Crippen molar-refractivity contribution in [3.05, 3.63) is 22.6 Å². The van der Waals surface area contributed by atoms with Crippen LogP contribution in [0, 0.1) is 0 Å². The minimum absolute atomic E-state index is 0.0112. The van der Waals surface area contributed by atoms with Crippen molar-refractivity contribution in [1.29, 1.82) is 0 Å². The lowest BCUT2D eigenvalue weighted by Crippen LogP contribution is -2.51. The van der Waals surface area contributed by atoms with Crippen LogP contribution in [-0.4, -0.2) is 72.3 Å². The van der Waals surface area contributed by atoms with Crippen LogP contribution < -0.4 is 0 Å². The number of amides is 2. The topological polar surface area (TPSA) is 57.0 Å². The van der Waals surface area contributed by atoms with E-state index in [9.17, 15) is 9.59 Å². The van der Waals surface area contributed by atoms with E-state index in [0.29, 0.717) is 29.9 Å². The Hall–Kier alpha value is -1.34. The summed E-state index contributed by atoms with van der Waals surface area (Å²) in [6.07, 6.45) is 6.17. The summed E-state index contributed by atoms with van der Waals surface area (Å²) >= 11 is 3.22. The molecule has 6 nitrogen and oxygen atoms in total. The molecule has 2 aliphatic rings. The summed E-state index contributed by atoms with van der Waals surface area (Å²) < 4.78 is 5.70. The molecule has 2 aliphatic heterocycles. The molecule has 3 rings (SSSR count). The molecule has 0 spiro atoms. The zero-order chi connectivity index (χ0) is 16.9. The van der Waals surface area contributed by atoms with Gasteiger partial charge in [-0.3, -0.25) is 14.5 Å². The summed E-state index contributed by atoms with van der Waals surface area (Å²) in [5, 5.41) is 0. The van der Waals surface area contributed by atoms with Gasteiger partial charge in [-0.05, 0) is 28.8 Å². The van der Waals surface area contributed by atoms with Crippen molar-refractivity contribution in [3.63, 3.8) is 0 Å². The highest BCUT2D eigenvalue weighted by Crippen LogP contribution is 2.17. The SMILES string of the molecule is O=C(CN1CCN(C(=O)c2coc(Br)c2)CC1)N1CCCCCC1. The maximum Gasteiger partial charge on any atom is 0.257 e.